The molecule has 0 aromatic heterocycles. The van der Waals surface area contributed by atoms with Gasteiger partial charge in [0, 0.05) is 11.1 Å². The van der Waals surface area contributed by atoms with Gasteiger partial charge in [-0.05, 0) is 40.5 Å². The van der Waals surface area contributed by atoms with E-state index in [9.17, 15) is 0 Å². The van der Waals surface area contributed by atoms with E-state index in [0.29, 0.717) is 18.1 Å². The highest BCUT2D eigenvalue weighted by molar-refractivity contribution is 6.24. The van der Waals surface area contributed by atoms with Gasteiger partial charge in [-0.3, -0.25) is 0 Å². The molecule has 1 aliphatic carbocycles. The molecule has 0 saturated heterocycles. The second-order valence-corrected chi connectivity index (χ2v) is 7.47. The van der Waals surface area contributed by atoms with Gasteiger partial charge in [-0.15, -0.1) is 5.10 Å². The lowest BCUT2D eigenvalue weighted by molar-refractivity contribution is 0.284. The number of ether oxygens (including phenoxy) is 2. The Kier molecular flexibility index (Phi) is 5.50. The summed E-state index contributed by atoms with van der Waals surface area (Å²) in [5, 5.41) is 8.96. The first-order valence-corrected chi connectivity index (χ1v) is 10.5. The average Bonchev–Trinajstić information content (AvgIpc) is 3.17. The maximum atomic E-state index is 5.94. The summed E-state index contributed by atoms with van der Waals surface area (Å²) in [6.07, 6.45) is 1.74. The van der Waals surface area contributed by atoms with Crippen LogP contribution in [0.25, 0.3) is 11.1 Å². The summed E-state index contributed by atoms with van der Waals surface area (Å²) in [5.74, 6) is 1.35. The highest BCUT2D eigenvalue weighted by atomic mass is 16.5. The Morgan fingerprint density at radius 2 is 1.31 bits per heavy atom. The van der Waals surface area contributed by atoms with E-state index in [-0.39, 0.29) is 0 Å². The minimum absolute atomic E-state index is 0.483. The van der Waals surface area contributed by atoms with Crippen LogP contribution in [0.4, 0.5) is 0 Å². The molecule has 4 aromatic rings. The molecule has 0 amide bonds. The minimum Gasteiger partial charge on any atom is -0.493 e. The first-order chi connectivity index (χ1) is 15.8. The molecule has 0 bridgehead atoms. The van der Waals surface area contributed by atoms with Gasteiger partial charge < -0.3 is 9.47 Å². The molecule has 0 spiro atoms. The second kappa shape index (κ2) is 8.90. The Morgan fingerprint density at radius 3 is 1.97 bits per heavy atom. The number of hydrogen-bond acceptors (Lipinski definition) is 4. The zero-order valence-corrected chi connectivity index (χ0v) is 17.7. The highest BCUT2D eigenvalue weighted by Crippen LogP contribution is 2.36. The van der Waals surface area contributed by atoms with Gasteiger partial charge in [0.25, 0.3) is 0 Å². The lowest BCUT2D eigenvalue weighted by atomic mass is 10.1. The van der Waals surface area contributed by atoms with Crippen molar-refractivity contribution in [3.8, 4) is 22.6 Å². The van der Waals surface area contributed by atoms with Crippen LogP contribution in [0.15, 0.2) is 107 Å². The van der Waals surface area contributed by atoms with Gasteiger partial charge in [0.2, 0.25) is 0 Å². The monoisotopic (exact) mass is 418 g/mol. The first kappa shape index (κ1) is 19.8. The summed E-state index contributed by atoms with van der Waals surface area (Å²) in [7, 11) is 1.64. The molecule has 5 rings (SSSR count). The SMILES string of the molecule is COc1cc(/C=N\N=C2c3ccccc3-c3ccccc32)ccc1OCc1ccccc1. The number of rotatable bonds is 6. The second-order valence-electron chi connectivity index (χ2n) is 7.47. The van der Waals surface area contributed by atoms with Crippen molar-refractivity contribution < 1.29 is 9.47 Å². The van der Waals surface area contributed by atoms with Crippen molar-refractivity contribution in [2.24, 2.45) is 10.2 Å². The van der Waals surface area contributed by atoms with Crippen molar-refractivity contribution in [1.29, 1.82) is 0 Å². The Labute approximate surface area is 187 Å². The van der Waals surface area contributed by atoms with Crippen LogP contribution in [0.2, 0.25) is 0 Å². The fourth-order valence-corrected chi connectivity index (χ4v) is 3.87. The smallest absolute Gasteiger partial charge is 0.161 e. The molecule has 0 unspecified atom stereocenters. The predicted octanol–water partition coefficient (Wildman–Crippen LogP) is 6.13. The molecule has 4 aromatic carbocycles. The van der Waals surface area contributed by atoms with E-state index < -0.39 is 0 Å². The van der Waals surface area contributed by atoms with E-state index in [1.165, 1.54) is 11.1 Å². The topological polar surface area (TPSA) is 43.2 Å². The third-order valence-electron chi connectivity index (χ3n) is 5.44. The third kappa shape index (κ3) is 3.91. The molecule has 0 aliphatic heterocycles. The maximum Gasteiger partial charge on any atom is 0.161 e. The van der Waals surface area contributed by atoms with Crippen LogP contribution < -0.4 is 9.47 Å². The normalized spacial score (nSPS) is 11.8. The fraction of sp³-hybridized carbons (Fsp3) is 0.0714. The zero-order chi connectivity index (χ0) is 21.8. The Hall–Kier alpha value is -4.18. The van der Waals surface area contributed by atoms with E-state index in [1.54, 1.807) is 13.3 Å². The van der Waals surface area contributed by atoms with Gasteiger partial charge in [0.1, 0.15) is 12.3 Å². The molecule has 0 saturated carbocycles. The van der Waals surface area contributed by atoms with Gasteiger partial charge in [0.05, 0.1) is 13.3 Å². The van der Waals surface area contributed by atoms with Crippen LogP contribution in [-0.4, -0.2) is 19.0 Å². The molecule has 4 heteroatoms. The zero-order valence-electron chi connectivity index (χ0n) is 17.7. The number of hydrogen-bond donors (Lipinski definition) is 0. The summed E-state index contributed by atoms with van der Waals surface area (Å²) < 4.78 is 11.5. The Morgan fingerprint density at radius 1 is 0.688 bits per heavy atom. The number of nitrogens with zero attached hydrogens (tertiary/aromatic N) is 2. The van der Waals surface area contributed by atoms with E-state index in [4.69, 9.17) is 9.47 Å². The van der Waals surface area contributed by atoms with Gasteiger partial charge in [-0.2, -0.15) is 5.10 Å². The van der Waals surface area contributed by atoms with E-state index in [0.717, 1.165) is 28.0 Å². The lowest BCUT2D eigenvalue weighted by Gasteiger charge is -2.11. The van der Waals surface area contributed by atoms with Crippen LogP contribution in [0, 0.1) is 0 Å². The van der Waals surface area contributed by atoms with Gasteiger partial charge in [-0.25, -0.2) is 0 Å². The number of fused-ring (bicyclic) bond motifs is 3. The summed E-state index contributed by atoms with van der Waals surface area (Å²) in [5.41, 5.74) is 7.48. The summed E-state index contributed by atoms with van der Waals surface area (Å²) in [6.45, 7) is 0.483. The van der Waals surface area contributed by atoms with Crippen LogP contribution in [-0.2, 0) is 6.61 Å². The molecule has 0 radical (unpaired) electrons. The number of benzene rings is 4. The molecule has 4 nitrogen and oxygen atoms in total. The highest BCUT2D eigenvalue weighted by Gasteiger charge is 2.23. The van der Waals surface area contributed by atoms with Crippen molar-refractivity contribution >= 4 is 11.9 Å². The van der Waals surface area contributed by atoms with Crippen molar-refractivity contribution in [2.45, 2.75) is 6.61 Å². The average molecular weight is 418 g/mol. The number of methoxy groups -OCH3 is 1. The maximum absolute atomic E-state index is 5.94. The fourth-order valence-electron chi connectivity index (χ4n) is 3.87. The molecule has 0 atom stereocenters. The molecule has 0 fully saturated rings. The van der Waals surface area contributed by atoms with Crippen molar-refractivity contribution in [3.63, 3.8) is 0 Å². The summed E-state index contributed by atoms with van der Waals surface area (Å²) in [4.78, 5) is 0. The molecule has 0 heterocycles. The van der Waals surface area contributed by atoms with Crippen LogP contribution in [0.3, 0.4) is 0 Å². The van der Waals surface area contributed by atoms with E-state index >= 15 is 0 Å². The van der Waals surface area contributed by atoms with E-state index in [2.05, 4.69) is 46.6 Å². The van der Waals surface area contributed by atoms with E-state index in [1.807, 2.05) is 60.7 Å². The van der Waals surface area contributed by atoms with Crippen molar-refractivity contribution in [3.05, 3.63) is 119 Å². The third-order valence-corrected chi connectivity index (χ3v) is 5.44. The standard InChI is InChI=1S/C28H22N2O2/c1-31-27-17-21(15-16-26(27)32-19-20-9-3-2-4-10-20)18-29-30-28-24-13-7-5-11-22(24)23-12-6-8-14-25(23)28/h2-18H,19H2,1H3/b29-18-. The molecular formula is C28H22N2O2. The first-order valence-electron chi connectivity index (χ1n) is 10.5. The lowest BCUT2D eigenvalue weighted by Crippen LogP contribution is -1.98. The Balaban J connectivity index is 1.37. The molecule has 32 heavy (non-hydrogen) atoms. The van der Waals surface area contributed by atoms with Gasteiger partial charge >= 0.3 is 0 Å². The predicted molar refractivity (Wildman–Crippen MR) is 129 cm³/mol. The van der Waals surface area contributed by atoms with Gasteiger partial charge in [0.15, 0.2) is 11.5 Å². The molecule has 0 N–H and O–H groups in total. The molecule has 1 aliphatic rings. The van der Waals surface area contributed by atoms with Crippen LogP contribution in [0.1, 0.15) is 22.3 Å². The van der Waals surface area contributed by atoms with Gasteiger partial charge in [-0.1, -0.05) is 78.9 Å². The largest absolute Gasteiger partial charge is 0.493 e. The minimum atomic E-state index is 0.483. The van der Waals surface area contributed by atoms with Crippen molar-refractivity contribution in [1.82, 2.24) is 0 Å². The molecular weight excluding hydrogens is 396 g/mol. The van der Waals surface area contributed by atoms with Crippen LogP contribution in [0.5, 0.6) is 11.5 Å². The molecule has 156 valence electrons. The van der Waals surface area contributed by atoms with Crippen molar-refractivity contribution in [2.75, 3.05) is 7.11 Å². The van der Waals surface area contributed by atoms with Crippen LogP contribution >= 0.6 is 0 Å². The summed E-state index contributed by atoms with van der Waals surface area (Å²) in [6, 6.07) is 32.4. The summed E-state index contributed by atoms with van der Waals surface area (Å²) >= 11 is 0. The Bertz CT molecular complexity index is 1260. The quantitative estimate of drug-likeness (QED) is 0.246.